The van der Waals surface area contributed by atoms with E-state index in [1.165, 1.54) is 7.05 Å². The topological polar surface area (TPSA) is 83.6 Å². The molecule has 7 heteroatoms. The molecule has 0 saturated heterocycles. The summed E-state index contributed by atoms with van der Waals surface area (Å²) in [5, 5.41) is 8.71. The summed E-state index contributed by atoms with van der Waals surface area (Å²) >= 11 is 4.73. The molecule has 0 aromatic heterocycles. The van der Waals surface area contributed by atoms with E-state index in [1.807, 2.05) is 0 Å². The molecular formula is C9H20N2O3S2. The molecule has 3 N–H and O–H groups in total. The average Bonchev–Trinajstić information content (AvgIpc) is 2.00. The number of aliphatic hydroxyl groups is 1. The van der Waals surface area contributed by atoms with Gasteiger partial charge in [0, 0.05) is 13.6 Å². The van der Waals surface area contributed by atoms with Gasteiger partial charge in [0.05, 0.1) is 10.6 Å². The predicted octanol–water partition coefficient (Wildman–Crippen LogP) is 0.0836. The monoisotopic (exact) mass is 268 g/mol. The Morgan fingerprint density at radius 1 is 1.56 bits per heavy atom. The summed E-state index contributed by atoms with van der Waals surface area (Å²) < 4.78 is 25.2. The summed E-state index contributed by atoms with van der Waals surface area (Å²) in [6.07, 6.45) is 0.327. The average molecular weight is 268 g/mol. The van der Waals surface area contributed by atoms with Gasteiger partial charge in [0.15, 0.2) is 0 Å². The molecule has 0 aliphatic rings. The molecule has 0 fully saturated rings. The molecule has 0 amide bonds. The molecule has 16 heavy (non-hydrogen) atoms. The summed E-state index contributed by atoms with van der Waals surface area (Å²) in [5.74, 6) is 0. The summed E-state index contributed by atoms with van der Waals surface area (Å²) in [6.45, 7) is 4.80. The molecule has 96 valence electrons. The molecule has 0 heterocycles. The molecular weight excluding hydrogens is 248 g/mol. The van der Waals surface area contributed by atoms with Gasteiger partial charge < -0.3 is 10.8 Å². The lowest BCUT2D eigenvalue weighted by molar-refractivity contribution is 0.0639. The third kappa shape index (κ3) is 4.32. The summed E-state index contributed by atoms with van der Waals surface area (Å²) in [7, 11) is -2.17. The third-order valence-corrected chi connectivity index (χ3v) is 4.83. The fraction of sp³-hybridized carbons (Fsp3) is 0.889. The highest BCUT2D eigenvalue weighted by atomic mass is 32.2. The minimum absolute atomic E-state index is 0.00838. The van der Waals surface area contributed by atoms with E-state index in [-0.39, 0.29) is 11.5 Å². The first-order valence-corrected chi connectivity index (χ1v) is 6.90. The van der Waals surface area contributed by atoms with E-state index >= 15 is 0 Å². The first-order valence-electron chi connectivity index (χ1n) is 4.99. The van der Waals surface area contributed by atoms with Crippen LogP contribution in [0.4, 0.5) is 0 Å². The number of likely N-dealkylation sites (N-methyl/N-ethyl adjacent to an activating group) is 1. The zero-order chi connectivity index (χ0) is 13.1. The Labute approximate surface area is 103 Å². The van der Waals surface area contributed by atoms with Gasteiger partial charge in [0.1, 0.15) is 5.25 Å². The van der Waals surface area contributed by atoms with Crippen molar-refractivity contribution in [3.63, 3.8) is 0 Å². The smallest absolute Gasteiger partial charge is 0.223 e. The molecule has 0 radical (unpaired) electrons. The van der Waals surface area contributed by atoms with Crippen LogP contribution in [-0.4, -0.2) is 47.3 Å². The van der Waals surface area contributed by atoms with Crippen molar-refractivity contribution in [1.82, 2.24) is 4.31 Å². The van der Waals surface area contributed by atoms with Crippen molar-refractivity contribution in [1.29, 1.82) is 0 Å². The van der Waals surface area contributed by atoms with Crippen molar-refractivity contribution >= 4 is 27.2 Å². The number of sulfonamides is 1. The number of rotatable bonds is 6. The number of hydrogen-bond donors (Lipinski definition) is 2. The Morgan fingerprint density at radius 3 is 2.25 bits per heavy atom. The second-order valence-electron chi connectivity index (χ2n) is 4.41. The molecule has 1 atom stereocenters. The van der Waals surface area contributed by atoms with E-state index < -0.39 is 20.9 Å². The lowest BCUT2D eigenvalue weighted by Gasteiger charge is -2.28. The number of nitrogens with zero attached hydrogens (tertiary/aromatic N) is 1. The van der Waals surface area contributed by atoms with Gasteiger partial charge in [0.25, 0.3) is 0 Å². The Morgan fingerprint density at radius 2 is 2.00 bits per heavy atom. The van der Waals surface area contributed by atoms with E-state index in [4.69, 9.17) is 18.0 Å². The Balaban J connectivity index is 4.98. The largest absolute Gasteiger partial charge is 0.392 e. The van der Waals surface area contributed by atoms with Gasteiger partial charge in [-0.1, -0.05) is 19.1 Å². The van der Waals surface area contributed by atoms with Crippen molar-refractivity contribution < 1.29 is 13.5 Å². The fourth-order valence-corrected chi connectivity index (χ4v) is 3.59. The molecule has 0 aliphatic heterocycles. The van der Waals surface area contributed by atoms with Crippen LogP contribution in [0.25, 0.3) is 0 Å². The number of thiocarbonyl (C=S) groups is 1. The molecule has 0 saturated carbocycles. The second-order valence-corrected chi connectivity index (χ2v) is 7.11. The van der Waals surface area contributed by atoms with Crippen LogP contribution < -0.4 is 5.73 Å². The molecule has 0 aromatic carbocycles. The Bertz CT molecular complexity index is 346. The van der Waals surface area contributed by atoms with Crippen LogP contribution in [0.5, 0.6) is 0 Å². The summed E-state index contributed by atoms with van der Waals surface area (Å²) in [5.41, 5.74) is 4.31. The van der Waals surface area contributed by atoms with Crippen LogP contribution in [0.15, 0.2) is 0 Å². The normalized spacial score (nSPS) is 15.1. The number of nitrogens with two attached hydrogens (primary N) is 1. The number of hydrogen-bond acceptors (Lipinski definition) is 4. The predicted molar refractivity (Wildman–Crippen MR) is 68.7 cm³/mol. The van der Waals surface area contributed by atoms with Gasteiger partial charge in [0.2, 0.25) is 10.0 Å². The lowest BCUT2D eigenvalue weighted by atomic mass is 10.1. The van der Waals surface area contributed by atoms with Crippen LogP contribution in [0.1, 0.15) is 27.2 Å². The summed E-state index contributed by atoms with van der Waals surface area (Å²) in [6, 6.07) is 0. The maximum absolute atomic E-state index is 12.0. The molecule has 1 unspecified atom stereocenters. The first-order chi connectivity index (χ1) is 7.02. The van der Waals surface area contributed by atoms with Gasteiger partial charge >= 0.3 is 0 Å². The van der Waals surface area contributed by atoms with Crippen molar-refractivity contribution in [2.24, 2.45) is 5.73 Å². The quantitative estimate of drug-likeness (QED) is 0.667. The maximum atomic E-state index is 12.0. The van der Waals surface area contributed by atoms with Crippen LogP contribution >= 0.6 is 12.2 Å². The first kappa shape index (κ1) is 15.8. The van der Waals surface area contributed by atoms with Gasteiger partial charge in [-0.25, -0.2) is 12.7 Å². The SMILES string of the molecule is CCC(C(N)=S)S(=O)(=O)N(C)CC(C)(C)O. The Kier molecular flexibility index (Phi) is 5.31. The zero-order valence-corrected chi connectivity index (χ0v) is 11.7. The second kappa shape index (κ2) is 5.39. The van der Waals surface area contributed by atoms with Crippen molar-refractivity contribution in [3.05, 3.63) is 0 Å². The highest BCUT2D eigenvalue weighted by Crippen LogP contribution is 2.14. The molecule has 0 aromatic rings. The minimum Gasteiger partial charge on any atom is -0.392 e. The highest BCUT2D eigenvalue weighted by molar-refractivity contribution is 7.92. The van der Waals surface area contributed by atoms with Crippen molar-refractivity contribution in [2.45, 2.75) is 38.0 Å². The van der Waals surface area contributed by atoms with Crippen LogP contribution in [0, 0.1) is 0 Å². The van der Waals surface area contributed by atoms with Crippen molar-refractivity contribution in [3.8, 4) is 0 Å². The molecule has 5 nitrogen and oxygen atoms in total. The lowest BCUT2D eigenvalue weighted by Crippen LogP contribution is -2.47. The van der Waals surface area contributed by atoms with E-state index in [0.29, 0.717) is 6.42 Å². The molecule has 0 rings (SSSR count). The minimum atomic E-state index is -3.58. The van der Waals surface area contributed by atoms with Crippen molar-refractivity contribution in [2.75, 3.05) is 13.6 Å². The van der Waals surface area contributed by atoms with Gasteiger partial charge in [-0.15, -0.1) is 0 Å². The molecule has 0 spiro atoms. The molecule has 0 aliphatic carbocycles. The van der Waals surface area contributed by atoms with Crippen LogP contribution in [-0.2, 0) is 10.0 Å². The third-order valence-electron chi connectivity index (χ3n) is 2.09. The van der Waals surface area contributed by atoms with Gasteiger partial charge in [-0.05, 0) is 20.3 Å². The molecule has 0 bridgehead atoms. The van der Waals surface area contributed by atoms with E-state index in [9.17, 15) is 13.5 Å². The van der Waals surface area contributed by atoms with Crippen LogP contribution in [0.3, 0.4) is 0 Å². The van der Waals surface area contributed by atoms with E-state index in [1.54, 1.807) is 20.8 Å². The standard InChI is InChI=1S/C9H20N2O3S2/c1-5-7(8(10)15)16(13,14)11(4)6-9(2,3)12/h7,12H,5-6H2,1-4H3,(H2,10,15). The zero-order valence-electron chi connectivity index (χ0n) is 10.1. The van der Waals surface area contributed by atoms with Gasteiger partial charge in [-0.2, -0.15) is 0 Å². The summed E-state index contributed by atoms with van der Waals surface area (Å²) in [4.78, 5) is -0.0369. The van der Waals surface area contributed by atoms with E-state index in [0.717, 1.165) is 4.31 Å². The van der Waals surface area contributed by atoms with E-state index in [2.05, 4.69) is 0 Å². The van der Waals surface area contributed by atoms with Crippen LogP contribution in [0.2, 0.25) is 0 Å². The Hall–Kier alpha value is -0.240. The maximum Gasteiger partial charge on any atom is 0.223 e. The highest BCUT2D eigenvalue weighted by Gasteiger charge is 2.33. The van der Waals surface area contributed by atoms with Gasteiger partial charge in [-0.3, -0.25) is 0 Å². The fourth-order valence-electron chi connectivity index (χ4n) is 1.41.